The van der Waals surface area contributed by atoms with Gasteiger partial charge in [-0.3, -0.25) is 4.79 Å². The van der Waals surface area contributed by atoms with E-state index < -0.39 is 23.5 Å². The second-order valence-electron chi connectivity index (χ2n) is 2.73. The summed E-state index contributed by atoms with van der Waals surface area (Å²) in [5.74, 6) is -3.63. The zero-order valence-electron chi connectivity index (χ0n) is 6.92. The van der Waals surface area contributed by atoms with Gasteiger partial charge in [-0.2, -0.15) is 0 Å². The SMILES string of the molecule is C[C@@H](C(=O)O)c1ccc(F)cc1F. The highest BCUT2D eigenvalue weighted by Crippen LogP contribution is 2.19. The molecule has 0 unspecified atom stereocenters. The second kappa shape index (κ2) is 3.51. The second-order valence-corrected chi connectivity index (χ2v) is 2.73. The van der Waals surface area contributed by atoms with Crippen molar-refractivity contribution in [3.63, 3.8) is 0 Å². The molecule has 1 atom stereocenters. The summed E-state index contributed by atoms with van der Waals surface area (Å²) < 4.78 is 25.4. The molecule has 0 heterocycles. The predicted octanol–water partition coefficient (Wildman–Crippen LogP) is 2.15. The number of hydrogen-bond donors (Lipinski definition) is 1. The molecular weight excluding hydrogens is 178 g/mol. The Morgan fingerprint density at radius 1 is 1.46 bits per heavy atom. The van der Waals surface area contributed by atoms with Crippen molar-refractivity contribution in [2.24, 2.45) is 0 Å². The Hall–Kier alpha value is -1.45. The van der Waals surface area contributed by atoms with Gasteiger partial charge in [-0.25, -0.2) is 8.78 Å². The Bertz CT molecular complexity index is 336. The summed E-state index contributed by atoms with van der Waals surface area (Å²) in [6.07, 6.45) is 0. The van der Waals surface area contributed by atoms with Crippen molar-refractivity contribution < 1.29 is 18.7 Å². The van der Waals surface area contributed by atoms with Gasteiger partial charge in [0.1, 0.15) is 11.6 Å². The maximum atomic E-state index is 13.0. The van der Waals surface area contributed by atoms with Crippen LogP contribution in [0.1, 0.15) is 18.4 Å². The lowest BCUT2D eigenvalue weighted by Crippen LogP contribution is -2.09. The molecule has 1 rings (SSSR count). The lowest BCUT2D eigenvalue weighted by molar-refractivity contribution is -0.138. The summed E-state index contributed by atoms with van der Waals surface area (Å²) in [6.45, 7) is 1.35. The molecule has 13 heavy (non-hydrogen) atoms. The van der Waals surface area contributed by atoms with Crippen LogP contribution in [-0.4, -0.2) is 11.1 Å². The third-order valence-electron chi connectivity index (χ3n) is 1.80. The summed E-state index contributed by atoms with van der Waals surface area (Å²) in [5, 5.41) is 8.57. The van der Waals surface area contributed by atoms with E-state index in [2.05, 4.69) is 0 Å². The quantitative estimate of drug-likeness (QED) is 0.768. The van der Waals surface area contributed by atoms with E-state index >= 15 is 0 Å². The molecule has 2 nitrogen and oxygen atoms in total. The number of carboxylic acids is 1. The Balaban J connectivity index is 3.08. The zero-order valence-corrected chi connectivity index (χ0v) is 6.92. The first-order valence-electron chi connectivity index (χ1n) is 3.70. The van der Waals surface area contributed by atoms with Gasteiger partial charge in [0, 0.05) is 11.6 Å². The van der Waals surface area contributed by atoms with Crippen molar-refractivity contribution >= 4 is 5.97 Å². The normalized spacial score (nSPS) is 12.5. The molecule has 1 aromatic rings. The largest absolute Gasteiger partial charge is 0.481 e. The van der Waals surface area contributed by atoms with E-state index in [4.69, 9.17) is 5.11 Å². The van der Waals surface area contributed by atoms with Crippen molar-refractivity contribution in [2.75, 3.05) is 0 Å². The number of carboxylic acid groups (broad SMARTS) is 1. The molecule has 0 aromatic heterocycles. The maximum Gasteiger partial charge on any atom is 0.310 e. The highest BCUT2D eigenvalue weighted by atomic mass is 19.1. The van der Waals surface area contributed by atoms with Gasteiger partial charge in [0.25, 0.3) is 0 Å². The fraction of sp³-hybridized carbons (Fsp3) is 0.222. The topological polar surface area (TPSA) is 37.3 Å². The standard InChI is InChI=1S/C9H8F2O2/c1-5(9(12)13)7-3-2-6(10)4-8(7)11/h2-5H,1H3,(H,12,13)/t5-/m1/s1. The Labute approximate surface area is 73.8 Å². The van der Waals surface area contributed by atoms with E-state index in [0.29, 0.717) is 6.07 Å². The van der Waals surface area contributed by atoms with Crippen LogP contribution in [0.25, 0.3) is 0 Å². The highest BCUT2D eigenvalue weighted by molar-refractivity contribution is 5.75. The Morgan fingerprint density at radius 2 is 2.08 bits per heavy atom. The Kier molecular flexibility index (Phi) is 2.60. The minimum atomic E-state index is -1.13. The smallest absolute Gasteiger partial charge is 0.310 e. The molecule has 0 spiro atoms. The van der Waals surface area contributed by atoms with E-state index in [1.165, 1.54) is 6.92 Å². The van der Waals surface area contributed by atoms with Crippen molar-refractivity contribution in [1.29, 1.82) is 0 Å². The van der Waals surface area contributed by atoms with Gasteiger partial charge < -0.3 is 5.11 Å². The van der Waals surface area contributed by atoms with E-state index in [9.17, 15) is 13.6 Å². The van der Waals surface area contributed by atoms with Crippen LogP contribution in [0.2, 0.25) is 0 Å². The maximum absolute atomic E-state index is 13.0. The molecule has 0 bridgehead atoms. The van der Waals surface area contributed by atoms with Crippen LogP contribution in [0.5, 0.6) is 0 Å². The summed E-state index contributed by atoms with van der Waals surface area (Å²) in [6, 6.07) is 2.86. The minimum absolute atomic E-state index is 0.00565. The first-order chi connectivity index (χ1) is 6.02. The average molecular weight is 186 g/mol. The van der Waals surface area contributed by atoms with Gasteiger partial charge in [-0.05, 0) is 13.0 Å². The number of rotatable bonds is 2. The lowest BCUT2D eigenvalue weighted by atomic mass is 10.0. The van der Waals surface area contributed by atoms with Gasteiger partial charge in [0.05, 0.1) is 5.92 Å². The predicted molar refractivity (Wildman–Crippen MR) is 42.4 cm³/mol. The van der Waals surface area contributed by atoms with Gasteiger partial charge in [0.15, 0.2) is 0 Å². The third-order valence-corrected chi connectivity index (χ3v) is 1.80. The fourth-order valence-corrected chi connectivity index (χ4v) is 0.986. The number of hydrogen-bond acceptors (Lipinski definition) is 1. The summed E-state index contributed by atoms with van der Waals surface area (Å²) in [4.78, 5) is 10.5. The average Bonchev–Trinajstić information content (AvgIpc) is 2.03. The van der Waals surface area contributed by atoms with Crippen molar-refractivity contribution in [2.45, 2.75) is 12.8 Å². The fourth-order valence-electron chi connectivity index (χ4n) is 0.986. The van der Waals surface area contributed by atoms with Crippen LogP contribution in [0, 0.1) is 11.6 Å². The number of halogens is 2. The van der Waals surface area contributed by atoms with E-state index in [0.717, 1.165) is 12.1 Å². The van der Waals surface area contributed by atoms with Crippen molar-refractivity contribution in [1.82, 2.24) is 0 Å². The monoisotopic (exact) mass is 186 g/mol. The summed E-state index contributed by atoms with van der Waals surface area (Å²) >= 11 is 0. The minimum Gasteiger partial charge on any atom is -0.481 e. The van der Waals surface area contributed by atoms with Gasteiger partial charge >= 0.3 is 5.97 Å². The van der Waals surface area contributed by atoms with Gasteiger partial charge in [-0.15, -0.1) is 0 Å². The number of aliphatic carboxylic acids is 1. The molecule has 0 aliphatic rings. The molecule has 0 amide bonds. The van der Waals surface area contributed by atoms with Crippen LogP contribution in [0.15, 0.2) is 18.2 Å². The molecule has 0 aliphatic heterocycles. The molecule has 0 saturated carbocycles. The lowest BCUT2D eigenvalue weighted by Gasteiger charge is -2.06. The molecule has 4 heteroatoms. The van der Waals surface area contributed by atoms with Crippen molar-refractivity contribution in [3.05, 3.63) is 35.4 Å². The van der Waals surface area contributed by atoms with Crippen LogP contribution >= 0.6 is 0 Å². The molecule has 0 radical (unpaired) electrons. The zero-order chi connectivity index (χ0) is 10.0. The summed E-state index contributed by atoms with van der Waals surface area (Å²) in [5.41, 5.74) is -0.00565. The van der Waals surface area contributed by atoms with E-state index in [1.54, 1.807) is 0 Å². The first kappa shape index (κ1) is 9.64. The van der Waals surface area contributed by atoms with Crippen molar-refractivity contribution in [3.8, 4) is 0 Å². The number of carbonyl (C=O) groups is 1. The molecular formula is C9H8F2O2. The Morgan fingerprint density at radius 3 is 2.54 bits per heavy atom. The molecule has 0 aliphatic carbocycles. The molecule has 0 saturated heterocycles. The summed E-state index contributed by atoms with van der Waals surface area (Å²) in [7, 11) is 0. The van der Waals surface area contributed by atoms with E-state index in [1.807, 2.05) is 0 Å². The highest BCUT2D eigenvalue weighted by Gasteiger charge is 2.17. The number of benzene rings is 1. The first-order valence-corrected chi connectivity index (χ1v) is 3.70. The van der Waals surface area contributed by atoms with Gasteiger partial charge in [0.2, 0.25) is 0 Å². The van der Waals surface area contributed by atoms with E-state index in [-0.39, 0.29) is 5.56 Å². The molecule has 0 fully saturated rings. The van der Waals surface area contributed by atoms with Crippen LogP contribution in [-0.2, 0) is 4.79 Å². The third kappa shape index (κ3) is 2.02. The van der Waals surface area contributed by atoms with Crippen LogP contribution in [0.4, 0.5) is 8.78 Å². The molecule has 70 valence electrons. The van der Waals surface area contributed by atoms with Crippen LogP contribution < -0.4 is 0 Å². The van der Waals surface area contributed by atoms with Crippen LogP contribution in [0.3, 0.4) is 0 Å². The van der Waals surface area contributed by atoms with Gasteiger partial charge in [-0.1, -0.05) is 6.07 Å². The molecule has 1 N–H and O–H groups in total. The molecule has 1 aromatic carbocycles.